The fraction of sp³-hybridized carbons (Fsp3) is 0.533. The van der Waals surface area contributed by atoms with E-state index in [2.05, 4.69) is 31.7 Å². The monoisotopic (exact) mass is 246 g/mol. The van der Waals surface area contributed by atoms with Crippen LogP contribution in [0.4, 0.5) is 5.69 Å². The van der Waals surface area contributed by atoms with E-state index >= 15 is 0 Å². The first-order valence-corrected chi connectivity index (χ1v) is 6.65. The minimum atomic E-state index is -0.210. The number of hydrogen-bond donors (Lipinski definition) is 1. The molecule has 2 rings (SSSR count). The van der Waals surface area contributed by atoms with Gasteiger partial charge < -0.3 is 10.6 Å². The van der Waals surface area contributed by atoms with Crippen LogP contribution in [0.2, 0.25) is 0 Å². The van der Waals surface area contributed by atoms with Crippen LogP contribution in [-0.2, 0) is 4.79 Å². The maximum absolute atomic E-state index is 11.6. The molecule has 1 aromatic carbocycles. The quantitative estimate of drug-likeness (QED) is 0.890. The lowest BCUT2D eigenvalue weighted by atomic mass is 9.85. The number of primary amides is 1. The van der Waals surface area contributed by atoms with Crippen molar-refractivity contribution in [2.45, 2.75) is 39.2 Å². The maximum Gasteiger partial charge on any atom is 0.225 e. The highest BCUT2D eigenvalue weighted by Crippen LogP contribution is 2.38. The Morgan fingerprint density at radius 1 is 1.44 bits per heavy atom. The number of nitrogens with two attached hydrogens (primary N) is 1. The maximum atomic E-state index is 11.6. The Hall–Kier alpha value is -1.51. The largest absolute Gasteiger partial charge is 0.369 e. The summed E-state index contributed by atoms with van der Waals surface area (Å²) in [5.74, 6) is 0.253. The summed E-state index contributed by atoms with van der Waals surface area (Å²) >= 11 is 0. The molecule has 0 aliphatic carbocycles. The third kappa shape index (κ3) is 2.35. The molecule has 0 unspecified atom stereocenters. The van der Waals surface area contributed by atoms with Crippen molar-refractivity contribution in [3.63, 3.8) is 0 Å². The molecule has 3 heteroatoms. The molecule has 1 amide bonds. The summed E-state index contributed by atoms with van der Waals surface area (Å²) in [6.45, 7) is 7.63. The fourth-order valence-electron chi connectivity index (χ4n) is 2.82. The molecule has 0 saturated heterocycles. The van der Waals surface area contributed by atoms with E-state index in [9.17, 15) is 4.79 Å². The zero-order valence-corrected chi connectivity index (χ0v) is 11.4. The second-order valence-electron chi connectivity index (χ2n) is 5.64. The standard InChI is InChI=1S/C15H22N2O/c1-10(2)9-17-11(3)8-13(15(16)18)12-6-4-5-7-14(12)17/h4-7,10-11,13H,8-9H2,1-3H3,(H2,16,18)/t11-,13-/m1/s1. The molecule has 0 spiro atoms. The van der Waals surface area contributed by atoms with Crippen LogP contribution in [0.5, 0.6) is 0 Å². The Morgan fingerprint density at radius 3 is 2.72 bits per heavy atom. The van der Waals surface area contributed by atoms with Crippen LogP contribution in [0.15, 0.2) is 24.3 Å². The van der Waals surface area contributed by atoms with Crippen molar-refractivity contribution in [1.82, 2.24) is 0 Å². The molecule has 3 nitrogen and oxygen atoms in total. The molecule has 18 heavy (non-hydrogen) atoms. The molecule has 1 aliphatic heterocycles. The van der Waals surface area contributed by atoms with Crippen molar-refractivity contribution in [1.29, 1.82) is 0 Å². The number of nitrogens with zero attached hydrogens (tertiary/aromatic N) is 1. The molecule has 0 bridgehead atoms. The van der Waals surface area contributed by atoms with E-state index in [0.717, 1.165) is 18.5 Å². The third-order valence-corrected chi connectivity index (χ3v) is 3.64. The molecule has 2 atom stereocenters. The fourth-order valence-corrected chi connectivity index (χ4v) is 2.82. The predicted molar refractivity (Wildman–Crippen MR) is 74.6 cm³/mol. The summed E-state index contributed by atoms with van der Waals surface area (Å²) in [5.41, 5.74) is 7.80. The number of carbonyl (C=O) groups is 1. The average molecular weight is 246 g/mol. The van der Waals surface area contributed by atoms with Crippen molar-refractivity contribution in [2.24, 2.45) is 11.7 Å². The van der Waals surface area contributed by atoms with Crippen LogP contribution in [0.25, 0.3) is 0 Å². The van der Waals surface area contributed by atoms with Crippen LogP contribution in [0.1, 0.15) is 38.7 Å². The summed E-state index contributed by atoms with van der Waals surface area (Å²) < 4.78 is 0. The van der Waals surface area contributed by atoms with Crippen molar-refractivity contribution in [2.75, 3.05) is 11.4 Å². The van der Waals surface area contributed by atoms with Gasteiger partial charge in [0.25, 0.3) is 0 Å². The first-order valence-electron chi connectivity index (χ1n) is 6.65. The smallest absolute Gasteiger partial charge is 0.225 e. The summed E-state index contributed by atoms with van der Waals surface area (Å²) in [6, 6.07) is 8.51. The van der Waals surface area contributed by atoms with E-state index < -0.39 is 0 Å². The van der Waals surface area contributed by atoms with Crippen molar-refractivity contribution < 1.29 is 4.79 Å². The second kappa shape index (κ2) is 5.01. The predicted octanol–water partition coefficient (Wildman–Crippen LogP) is 2.51. The molecule has 0 radical (unpaired) electrons. The van der Waals surface area contributed by atoms with E-state index in [0.29, 0.717) is 12.0 Å². The minimum absolute atomic E-state index is 0.139. The molecule has 0 fully saturated rings. The van der Waals surface area contributed by atoms with Gasteiger partial charge in [0, 0.05) is 18.3 Å². The number of rotatable bonds is 3. The van der Waals surface area contributed by atoms with Crippen LogP contribution in [0.3, 0.4) is 0 Å². The van der Waals surface area contributed by atoms with Gasteiger partial charge >= 0.3 is 0 Å². The Bertz CT molecular complexity index is 442. The van der Waals surface area contributed by atoms with E-state index in [1.807, 2.05) is 18.2 Å². The number of para-hydroxylation sites is 1. The first kappa shape index (κ1) is 12.9. The highest BCUT2D eigenvalue weighted by atomic mass is 16.1. The molecule has 2 N–H and O–H groups in total. The van der Waals surface area contributed by atoms with E-state index in [1.165, 1.54) is 5.69 Å². The number of benzene rings is 1. The molecule has 1 aromatic rings. The second-order valence-corrected chi connectivity index (χ2v) is 5.64. The van der Waals surface area contributed by atoms with Gasteiger partial charge in [0.2, 0.25) is 5.91 Å². The Morgan fingerprint density at radius 2 is 2.11 bits per heavy atom. The van der Waals surface area contributed by atoms with Gasteiger partial charge in [0.15, 0.2) is 0 Å². The van der Waals surface area contributed by atoms with Crippen LogP contribution in [0, 0.1) is 5.92 Å². The van der Waals surface area contributed by atoms with E-state index in [-0.39, 0.29) is 11.8 Å². The van der Waals surface area contributed by atoms with Crippen LogP contribution >= 0.6 is 0 Å². The van der Waals surface area contributed by atoms with Gasteiger partial charge in [-0.05, 0) is 30.9 Å². The Balaban J connectivity index is 2.41. The lowest BCUT2D eigenvalue weighted by Crippen LogP contribution is -2.43. The molecule has 1 aliphatic rings. The third-order valence-electron chi connectivity index (χ3n) is 3.64. The van der Waals surface area contributed by atoms with Gasteiger partial charge in [0.05, 0.1) is 5.92 Å². The molecular formula is C15H22N2O. The number of hydrogen-bond acceptors (Lipinski definition) is 2. The lowest BCUT2D eigenvalue weighted by molar-refractivity contribution is -0.119. The van der Waals surface area contributed by atoms with Crippen LogP contribution < -0.4 is 10.6 Å². The van der Waals surface area contributed by atoms with Crippen molar-refractivity contribution in [3.8, 4) is 0 Å². The molecule has 1 heterocycles. The SMILES string of the molecule is CC(C)CN1c2ccccc2[C@H](C(N)=O)C[C@H]1C. The average Bonchev–Trinajstić information content (AvgIpc) is 2.31. The first-order chi connectivity index (χ1) is 8.50. The Kier molecular flexibility index (Phi) is 3.60. The summed E-state index contributed by atoms with van der Waals surface area (Å²) in [7, 11) is 0. The number of amides is 1. The minimum Gasteiger partial charge on any atom is -0.369 e. The lowest BCUT2D eigenvalue weighted by Gasteiger charge is -2.41. The summed E-state index contributed by atoms with van der Waals surface area (Å²) in [5, 5.41) is 0. The normalized spacial score (nSPS) is 23.0. The highest BCUT2D eigenvalue weighted by Gasteiger charge is 2.32. The van der Waals surface area contributed by atoms with E-state index in [4.69, 9.17) is 5.73 Å². The number of carbonyl (C=O) groups excluding carboxylic acids is 1. The summed E-state index contributed by atoms with van der Waals surface area (Å²) in [4.78, 5) is 14.0. The molecule has 98 valence electrons. The zero-order valence-electron chi connectivity index (χ0n) is 11.4. The number of fused-ring (bicyclic) bond motifs is 1. The topological polar surface area (TPSA) is 46.3 Å². The van der Waals surface area contributed by atoms with Gasteiger partial charge in [-0.25, -0.2) is 0 Å². The Labute approximate surface area is 109 Å². The van der Waals surface area contributed by atoms with Crippen LogP contribution in [-0.4, -0.2) is 18.5 Å². The van der Waals surface area contributed by atoms with Gasteiger partial charge in [-0.15, -0.1) is 0 Å². The molecular weight excluding hydrogens is 224 g/mol. The molecule has 0 aromatic heterocycles. The van der Waals surface area contributed by atoms with Gasteiger partial charge in [-0.1, -0.05) is 32.0 Å². The van der Waals surface area contributed by atoms with Gasteiger partial charge in [-0.2, -0.15) is 0 Å². The highest BCUT2D eigenvalue weighted by molar-refractivity contribution is 5.85. The zero-order chi connectivity index (χ0) is 13.3. The van der Waals surface area contributed by atoms with Crippen molar-refractivity contribution in [3.05, 3.63) is 29.8 Å². The summed E-state index contributed by atoms with van der Waals surface area (Å²) in [6.07, 6.45) is 0.819. The van der Waals surface area contributed by atoms with Gasteiger partial charge in [-0.3, -0.25) is 4.79 Å². The molecule has 0 saturated carbocycles. The van der Waals surface area contributed by atoms with Gasteiger partial charge in [0.1, 0.15) is 0 Å². The van der Waals surface area contributed by atoms with E-state index in [1.54, 1.807) is 0 Å². The number of anilines is 1. The van der Waals surface area contributed by atoms with Crippen molar-refractivity contribution >= 4 is 11.6 Å².